The Morgan fingerprint density at radius 3 is 2.40 bits per heavy atom. The summed E-state index contributed by atoms with van der Waals surface area (Å²) in [7, 11) is 0. The van der Waals surface area contributed by atoms with Gasteiger partial charge in [0.2, 0.25) is 0 Å². The summed E-state index contributed by atoms with van der Waals surface area (Å²) < 4.78 is 52.8. The number of benzene rings is 2. The second kappa shape index (κ2) is 18.3. The number of esters is 1. The van der Waals surface area contributed by atoms with Crippen molar-refractivity contribution in [1.29, 1.82) is 0 Å². The van der Waals surface area contributed by atoms with E-state index in [0.717, 1.165) is 36.6 Å². The van der Waals surface area contributed by atoms with Gasteiger partial charge in [-0.3, -0.25) is 4.79 Å². The van der Waals surface area contributed by atoms with Crippen LogP contribution in [0.25, 0.3) is 0 Å². The molecule has 0 radical (unpaired) electrons. The fraction of sp³-hybridized carbons (Fsp3) is 0.475. The number of piperidine rings is 1. The van der Waals surface area contributed by atoms with E-state index in [0.29, 0.717) is 56.9 Å². The van der Waals surface area contributed by atoms with E-state index in [9.17, 15) is 32.3 Å². The van der Waals surface area contributed by atoms with Crippen molar-refractivity contribution in [2.75, 3.05) is 68.4 Å². The number of pyridine rings is 1. The molecule has 13 nitrogen and oxygen atoms in total. The number of nitrogens with one attached hydrogen (secondary N) is 1. The minimum absolute atomic E-state index is 0.0198. The number of nitrogens with zero attached hydrogens (tertiary/aromatic N) is 5. The lowest BCUT2D eigenvalue weighted by Crippen LogP contribution is -2.54. The minimum Gasteiger partial charge on any atom is -0.462 e. The van der Waals surface area contributed by atoms with Crippen LogP contribution < -0.4 is 16.0 Å². The lowest BCUT2D eigenvalue weighted by molar-refractivity contribution is -0.141. The van der Waals surface area contributed by atoms with Crippen molar-refractivity contribution >= 4 is 52.8 Å². The molecule has 0 aliphatic carbocycles. The van der Waals surface area contributed by atoms with Crippen LogP contribution in [0.3, 0.4) is 0 Å². The molecule has 3 aromatic rings. The van der Waals surface area contributed by atoms with E-state index in [1.54, 1.807) is 17.0 Å². The third-order valence-electron chi connectivity index (χ3n) is 10.6. The summed E-state index contributed by atoms with van der Waals surface area (Å²) >= 11 is 6.12. The van der Waals surface area contributed by atoms with Gasteiger partial charge in [-0.05, 0) is 67.1 Å². The van der Waals surface area contributed by atoms with Crippen LogP contribution in [0, 0.1) is 0 Å². The van der Waals surface area contributed by atoms with Gasteiger partial charge in [0.1, 0.15) is 5.82 Å². The van der Waals surface area contributed by atoms with Crippen molar-refractivity contribution < 1.29 is 41.8 Å². The number of carbonyl (C=O) groups is 4. The largest absolute Gasteiger partial charge is 0.462 e. The average Bonchev–Trinajstić information content (AvgIpc) is 3.37. The summed E-state index contributed by atoms with van der Waals surface area (Å²) in [4.78, 5) is 64.3. The lowest BCUT2D eigenvalue weighted by Gasteiger charge is -2.39. The van der Waals surface area contributed by atoms with Crippen molar-refractivity contribution in [3.8, 4) is 0 Å². The van der Waals surface area contributed by atoms with Gasteiger partial charge in [-0.1, -0.05) is 49.6 Å². The number of carbonyl (C=O) groups excluding carboxylic acids is 4. The van der Waals surface area contributed by atoms with Gasteiger partial charge in [0.05, 0.1) is 28.4 Å². The van der Waals surface area contributed by atoms with Gasteiger partial charge in [0.15, 0.2) is 6.10 Å². The summed E-state index contributed by atoms with van der Waals surface area (Å²) in [5.74, 6) is -0.435. The van der Waals surface area contributed by atoms with E-state index in [-0.39, 0.29) is 55.3 Å². The van der Waals surface area contributed by atoms with Gasteiger partial charge in [-0.25, -0.2) is 19.4 Å². The standard InChI is InChI=1S/C40H47ClF3N7O6/c1-2-3-6-21-56-37(53)28-9-10-34(46-25-28)48-17-19-49(20-18-48)36(52)33(24-26-22-30(40(42,43)44)35(45)31(41)23-26)57-39(55)50-14-12-29(13-15-50)51-16-11-27-7-4-5-8-32(27)47-38(51)54/h4-5,7-10,22-23,25,29,33H,2-3,6,11-21,24,45H2,1H3,(H,47,54)/t33-/m1/s1. The second-order valence-electron chi connectivity index (χ2n) is 14.4. The highest BCUT2D eigenvalue weighted by Crippen LogP contribution is 2.38. The van der Waals surface area contributed by atoms with E-state index in [2.05, 4.69) is 17.2 Å². The van der Waals surface area contributed by atoms with Gasteiger partial charge in [-0.2, -0.15) is 13.2 Å². The zero-order valence-corrected chi connectivity index (χ0v) is 32.5. The lowest BCUT2D eigenvalue weighted by atomic mass is 10.0. The zero-order chi connectivity index (χ0) is 40.7. The molecule has 0 spiro atoms. The molecule has 2 saturated heterocycles. The fourth-order valence-electron chi connectivity index (χ4n) is 7.37. The molecule has 57 heavy (non-hydrogen) atoms. The highest BCUT2D eigenvalue weighted by atomic mass is 35.5. The Kier molecular flexibility index (Phi) is 13.3. The van der Waals surface area contributed by atoms with Crippen molar-refractivity contribution in [3.05, 3.63) is 82.0 Å². The highest BCUT2D eigenvalue weighted by molar-refractivity contribution is 6.33. The molecule has 6 rings (SSSR count). The molecular formula is C40H47ClF3N7O6. The second-order valence-corrected chi connectivity index (χ2v) is 14.8. The number of piperazine rings is 1. The Balaban J connectivity index is 1.10. The minimum atomic E-state index is -4.81. The van der Waals surface area contributed by atoms with Crippen LogP contribution >= 0.6 is 11.6 Å². The van der Waals surface area contributed by atoms with Crippen LogP contribution in [0.2, 0.25) is 5.02 Å². The maximum atomic E-state index is 14.1. The number of ether oxygens (including phenoxy) is 2. The number of anilines is 3. The van der Waals surface area contributed by atoms with E-state index in [4.69, 9.17) is 26.8 Å². The number of nitrogen functional groups attached to an aromatic ring is 1. The van der Waals surface area contributed by atoms with E-state index in [1.165, 1.54) is 22.1 Å². The molecule has 3 aliphatic heterocycles. The summed E-state index contributed by atoms with van der Waals surface area (Å²) in [5, 5.41) is 2.64. The normalized spacial score (nSPS) is 17.0. The van der Waals surface area contributed by atoms with Crippen LogP contribution in [-0.2, 0) is 33.3 Å². The molecule has 1 atom stereocenters. The Hall–Kier alpha value is -5.25. The first-order valence-corrected chi connectivity index (χ1v) is 19.6. The van der Waals surface area contributed by atoms with Gasteiger partial charge in [0.25, 0.3) is 5.91 Å². The van der Waals surface area contributed by atoms with Crippen molar-refractivity contribution in [3.63, 3.8) is 0 Å². The molecule has 4 heterocycles. The number of amides is 4. The molecule has 4 amide bonds. The summed E-state index contributed by atoms with van der Waals surface area (Å²) in [6, 6.07) is 12.7. The Labute approximate surface area is 334 Å². The number of nitrogens with two attached hydrogens (primary N) is 1. The van der Waals surface area contributed by atoms with Crippen LogP contribution in [0.15, 0.2) is 54.7 Å². The Morgan fingerprint density at radius 1 is 0.982 bits per heavy atom. The van der Waals surface area contributed by atoms with Crippen LogP contribution in [-0.4, -0.2) is 108 Å². The molecule has 3 aliphatic rings. The van der Waals surface area contributed by atoms with E-state index in [1.807, 2.05) is 29.2 Å². The molecule has 0 unspecified atom stereocenters. The number of aromatic nitrogens is 1. The van der Waals surface area contributed by atoms with Gasteiger partial charge < -0.3 is 40.1 Å². The molecule has 2 fully saturated rings. The van der Waals surface area contributed by atoms with E-state index < -0.39 is 41.5 Å². The number of alkyl halides is 3. The maximum Gasteiger partial charge on any atom is 0.418 e. The summed E-state index contributed by atoms with van der Waals surface area (Å²) in [6.45, 7) is 4.53. The van der Waals surface area contributed by atoms with Crippen LogP contribution in [0.1, 0.15) is 66.1 Å². The third kappa shape index (κ3) is 10.2. The monoisotopic (exact) mass is 813 g/mol. The van der Waals surface area contributed by atoms with Crippen molar-refractivity contribution in [2.24, 2.45) is 0 Å². The smallest absolute Gasteiger partial charge is 0.418 e. The number of unbranched alkanes of at least 4 members (excludes halogenated alkanes) is 2. The first-order chi connectivity index (χ1) is 27.3. The van der Waals surface area contributed by atoms with Crippen LogP contribution in [0.5, 0.6) is 0 Å². The Morgan fingerprint density at radius 2 is 1.72 bits per heavy atom. The highest BCUT2D eigenvalue weighted by Gasteiger charge is 2.38. The zero-order valence-electron chi connectivity index (χ0n) is 31.7. The van der Waals surface area contributed by atoms with E-state index >= 15 is 0 Å². The number of hydrogen-bond acceptors (Lipinski definition) is 9. The molecular weight excluding hydrogens is 767 g/mol. The molecule has 0 saturated carbocycles. The number of para-hydroxylation sites is 1. The molecule has 1 aromatic heterocycles. The molecule has 3 N–H and O–H groups in total. The summed E-state index contributed by atoms with van der Waals surface area (Å²) in [5.41, 5.74) is 6.03. The maximum absolute atomic E-state index is 14.1. The molecule has 17 heteroatoms. The number of likely N-dealkylation sites (tertiary alicyclic amines) is 1. The number of halogens is 4. The first-order valence-electron chi connectivity index (χ1n) is 19.3. The molecule has 2 aromatic carbocycles. The third-order valence-corrected chi connectivity index (χ3v) is 10.9. The predicted molar refractivity (Wildman–Crippen MR) is 208 cm³/mol. The van der Waals surface area contributed by atoms with Crippen molar-refractivity contribution in [2.45, 2.75) is 70.2 Å². The van der Waals surface area contributed by atoms with Gasteiger partial charge in [0, 0.05) is 70.2 Å². The van der Waals surface area contributed by atoms with Crippen LogP contribution in [0.4, 0.5) is 40.0 Å². The first kappa shape index (κ1) is 41.4. The average molecular weight is 814 g/mol. The number of fused-ring (bicyclic) bond motifs is 1. The predicted octanol–water partition coefficient (Wildman–Crippen LogP) is 6.63. The van der Waals surface area contributed by atoms with Gasteiger partial charge in [-0.15, -0.1) is 0 Å². The summed E-state index contributed by atoms with van der Waals surface area (Å²) in [6.07, 6.45) is -1.62. The van der Waals surface area contributed by atoms with Gasteiger partial charge >= 0.3 is 24.3 Å². The molecule has 306 valence electrons. The topological polar surface area (TPSA) is 151 Å². The number of urea groups is 1. The number of rotatable bonds is 11. The quantitative estimate of drug-likeness (QED) is 0.124. The van der Waals surface area contributed by atoms with Crippen molar-refractivity contribution in [1.82, 2.24) is 19.7 Å². The molecule has 0 bridgehead atoms. The number of hydrogen-bond donors (Lipinski definition) is 2. The Bertz CT molecular complexity index is 1920. The fourth-order valence-corrected chi connectivity index (χ4v) is 7.61. The SMILES string of the molecule is CCCCCOC(=O)c1ccc(N2CCN(C(=O)[C@@H](Cc3cc(Cl)c(N)c(C(F)(F)F)c3)OC(=O)N3CCC(N4CCc5ccccc5NC4=O)CC3)CC2)nc1.